The quantitative estimate of drug-likeness (QED) is 0.499. The molecule has 0 unspecified atom stereocenters. The van der Waals surface area contributed by atoms with Gasteiger partial charge in [-0.2, -0.15) is 0 Å². The van der Waals surface area contributed by atoms with Crippen molar-refractivity contribution in [1.29, 1.82) is 0 Å². The number of esters is 1. The highest BCUT2D eigenvalue weighted by Gasteiger charge is 2.32. The lowest BCUT2D eigenvalue weighted by Crippen LogP contribution is -2.25. The molecule has 0 fully saturated rings. The van der Waals surface area contributed by atoms with E-state index in [4.69, 9.17) is 4.74 Å². The maximum atomic E-state index is 13.8. The molecule has 1 N–H and O–H groups in total. The maximum Gasteiger partial charge on any atom is 0.309 e. The number of aryl methyl sites for hydroxylation is 1. The fourth-order valence-corrected chi connectivity index (χ4v) is 4.29. The van der Waals surface area contributed by atoms with Gasteiger partial charge < -0.3 is 14.4 Å². The highest BCUT2D eigenvalue weighted by Crippen LogP contribution is 2.38. The number of carbonyl (C=O) groups excluding carboxylic acids is 1. The van der Waals surface area contributed by atoms with Crippen molar-refractivity contribution in [1.82, 2.24) is 9.55 Å². The normalized spacial score (nSPS) is 17.5. The van der Waals surface area contributed by atoms with Crippen LogP contribution in [-0.2, 0) is 29.1 Å². The molecule has 1 aromatic carbocycles. The predicted octanol–water partition coefficient (Wildman–Crippen LogP) is 2.75. The number of rotatable bonds is 1. The third kappa shape index (κ3) is 2.52. The molecule has 8 heteroatoms. The van der Waals surface area contributed by atoms with Crippen molar-refractivity contribution >= 4 is 16.9 Å². The number of fused-ring (bicyclic) bond motifs is 5. The first-order valence-corrected chi connectivity index (χ1v) is 9.30. The van der Waals surface area contributed by atoms with Crippen LogP contribution < -0.4 is 5.56 Å². The molecule has 0 saturated heterocycles. The second kappa shape index (κ2) is 6.18. The lowest BCUT2D eigenvalue weighted by Gasteiger charge is -2.13. The lowest BCUT2D eigenvalue weighted by molar-refractivity contribution is -0.146. The smallest absolute Gasteiger partial charge is 0.309 e. The molecule has 4 heterocycles. The molecular weight excluding hydrogens is 382 g/mol. The number of aliphatic hydroxyl groups is 1. The van der Waals surface area contributed by atoms with Crippen molar-refractivity contribution in [3.63, 3.8) is 0 Å². The van der Waals surface area contributed by atoms with E-state index in [2.05, 4.69) is 4.98 Å². The Hall–Kier alpha value is -3.13. The standard InChI is InChI=1S/C21H16F2N2O4/c1-2-9-10-3-14(22)15(23)5-16(10)24-20-12(9)7-25-17(20)4-11-13(21(25)28)8-29-19(27)6-18(11)26/h3-5,18,26H,2,6-8H2,1H3/t18-/m1/s1. The van der Waals surface area contributed by atoms with E-state index in [-0.39, 0.29) is 30.7 Å². The zero-order valence-corrected chi connectivity index (χ0v) is 15.5. The van der Waals surface area contributed by atoms with Gasteiger partial charge in [-0.1, -0.05) is 6.92 Å². The van der Waals surface area contributed by atoms with Gasteiger partial charge in [0.05, 0.1) is 41.5 Å². The first-order valence-electron chi connectivity index (χ1n) is 9.30. The van der Waals surface area contributed by atoms with Crippen LogP contribution in [0.15, 0.2) is 23.0 Å². The van der Waals surface area contributed by atoms with E-state index < -0.39 is 23.7 Å². The van der Waals surface area contributed by atoms with Crippen LogP contribution in [0, 0.1) is 11.6 Å². The molecule has 0 saturated carbocycles. The van der Waals surface area contributed by atoms with E-state index in [0.29, 0.717) is 34.3 Å². The Balaban J connectivity index is 1.80. The summed E-state index contributed by atoms with van der Waals surface area (Å²) in [5.74, 6) is -2.51. The van der Waals surface area contributed by atoms with Gasteiger partial charge in [0.1, 0.15) is 6.61 Å². The molecule has 0 amide bonds. The molecular formula is C21H16F2N2O4. The van der Waals surface area contributed by atoms with Gasteiger partial charge in [-0.15, -0.1) is 0 Å². The second-order valence-corrected chi connectivity index (χ2v) is 7.29. The van der Waals surface area contributed by atoms with Gasteiger partial charge in [0.15, 0.2) is 11.6 Å². The molecule has 0 spiro atoms. The first kappa shape index (κ1) is 17.9. The van der Waals surface area contributed by atoms with Crippen molar-refractivity contribution < 1.29 is 23.4 Å². The van der Waals surface area contributed by atoms with Crippen LogP contribution in [0.3, 0.4) is 0 Å². The predicted molar refractivity (Wildman–Crippen MR) is 99.2 cm³/mol. The Morgan fingerprint density at radius 3 is 2.72 bits per heavy atom. The topological polar surface area (TPSA) is 81.4 Å². The van der Waals surface area contributed by atoms with Crippen molar-refractivity contribution in [3.05, 3.63) is 62.4 Å². The van der Waals surface area contributed by atoms with Gasteiger partial charge >= 0.3 is 5.97 Å². The minimum absolute atomic E-state index is 0.201. The van der Waals surface area contributed by atoms with E-state index in [0.717, 1.165) is 23.3 Å². The molecule has 2 aliphatic rings. The summed E-state index contributed by atoms with van der Waals surface area (Å²) in [5, 5.41) is 10.9. The summed E-state index contributed by atoms with van der Waals surface area (Å²) in [6.07, 6.45) is -0.839. The van der Waals surface area contributed by atoms with Crippen LogP contribution in [0.5, 0.6) is 0 Å². The first-order chi connectivity index (χ1) is 13.9. The number of benzene rings is 1. The average Bonchev–Trinajstić information content (AvgIpc) is 2.97. The Labute approximate surface area is 163 Å². The van der Waals surface area contributed by atoms with Gasteiger partial charge in [0, 0.05) is 17.0 Å². The third-order valence-corrected chi connectivity index (χ3v) is 5.69. The van der Waals surface area contributed by atoms with Crippen LogP contribution in [-0.4, -0.2) is 20.6 Å². The number of cyclic esters (lactones) is 1. The summed E-state index contributed by atoms with van der Waals surface area (Å²) in [5.41, 5.74) is 3.07. The van der Waals surface area contributed by atoms with Crippen molar-refractivity contribution in [2.75, 3.05) is 0 Å². The van der Waals surface area contributed by atoms with E-state index in [1.165, 1.54) is 4.57 Å². The molecule has 148 valence electrons. The van der Waals surface area contributed by atoms with Crippen LogP contribution in [0.2, 0.25) is 0 Å². The summed E-state index contributed by atoms with van der Waals surface area (Å²) in [6, 6.07) is 3.84. The van der Waals surface area contributed by atoms with E-state index in [1.807, 2.05) is 6.92 Å². The Bertz CT molecular complexity index is 1280. The summed E-state index contributed by atoms with van der Waals surface area (Å²) in [4.78, 5) is 29.3. The van der Waals surface area contributed by atoms with Gasteiger partial charge in [-0.05, 0) is 29.7 Å². The summed E-state index contributed by atoms with van der Waals surface area (Å²) < 4.78 is 34.2. The number of carbonyl (C=O) groups is 1. The number of ether oxygens (including phenoxy) is 1. The number of halogens is 2. The average molecular weight is 398 g/mol. The molecule has 5 rings (SSSR count). The fraction of sp³-hybridized carbons (Fsp3) is 0.286. The Morgan fingerprint density at radius 2 is 1.97 bits per heavy atom. The second-order valence-electron chi connectivity index (χ2n) is 7.29. The van der Waals surface area contributed by atoms with Gasteiger partial charge in [0.2, 0.25) is 0 Å². The summed E-state index contributed by atoms with van der Waals surface area (Å²) >= 11 is 0. The molecule has 0 aliphatic carbocycles. The zero-order valence-electron chi connectivity index (χ0n) is 15.5. The van der Waals surface area contributed by atoms with Crippen molar-refractivity contribution in [3.8, 4) is 11.4 Å². The number of aromatic nitrogens is 2. The lowest BCUT2D eigenvalue weighted by atomic mass is 9.97. The van der Waals surface area contributed by atoms with E-state index in [1.54, 1.807) is 6.07 Å². The SMILES string of the molecule is CCc1c2c(nc3cc(F)c(F)cc13)-c1cc3c(c(=O)n1C2)COC(=O)C[C@H]3O. The monoisotopic (exact) mass is 398 g/mol. The number of aliphatic hydroxyl groups excluding tert-OH is 1. The highest BCUT2D eigenvalue weighted by molar-refractivity contribution is 5.88. The van der Waals surface area contributed by atoms with Crippen LogP contribution >= 0.6 is 0 Å². The minimum atomic E-state index is -1.15. The van der Waals surface area contributed by atoms with Crippen molar-refractivity contribution in [2.45, 2.75) is 39.0 Å². The van der Waals surface area contributed by atoms with Crippen LogP contribution in [0.25, 0.3) is 22.3 Å². The zero-order chi connectivity index (χ0) is 20.4. The Kier molecular flexibility index (Phi) is 3.82. The molecule has 3 aromatic rings. The number of hydrogen-bond acceptors (Lipinski definition) is 5. The third-order valence-electron chi connectivity index (χ3n) is 5.69. The molecule has 29 heavy (non-hydrogen) atoms. The molecule has 2 aromatic heterocycles. The van der Waals surface area contributed by atoms with Crippen molar-refractivity contribution in [2.24, 2.45) is 0 Å². The number of pyridine rings is 2. The molecule has 0 radical (unpaired) electrons. The largest absolute Gasteiger partial charge is 0.460 e. The molecule has 6 nitrogen and oxygen atoms in total. The summed E-state index contributed by atoms with van der Waals surface area (Å²) in [7, 11) is 0. The van der Waals surface area contributed by atoms with E-state index in [9.17, 15) is 23.5 Å². The van der Waals surface area contributed by atoms with Crippen LogP contribution in [0.4, 0.5) is 8.78 Å². The number of hydrogen-bond donors (Lipinski definition) is 1. The van der Waals surface area contributed by atoms with Crippen LogP contribution in [0.1, 0.15) is 41.7 Å². The molecule has 1 atom stereocenters. The van der Waals surface area contributed by atoms with E-state index >= 15 is 0 Å². The number of nitrogens with zero attached hydrogens (tertiary/aromatic N) is 2. The van der Waals surface area contributed by atoms with Gasteiger partial charge in [-0.25, -0.2) is 13.8 Å². The van der Waals surface area contributed by atoms with Gasteiger partial charge in [0.25, 0.3) is 5.56 Å². The Morgan fingerprint density at radius 1 is 1.21 bits per heavy atom. The molecule has 0 bridgehead atoms. The molecule has 2 aliphatic heterocycles. The fourth-order valence-electron chi connectivity index (χ4n) is 4.29. The highest BCUT2D eigenvalue weighted by atomic mass is 19.2. The van der Waals surface area contributed by atoms with Gasteiger partial charge in [-0.3, -0.25) is 9.59 Å². The minimum Gasteiger partial charge on any atom is -0.460 e. The maximum absolute atomic E-state index is 13.8. The summed E-state index contributed by atoms with van der Waals surface area (Å²) in [6.45, 7) is 1.93.